The zero-order chi connectivity index (χ0) is 17.1. The molecule has 6 rings (SSSR count). The quantitative estimate of drug-likeness (QED) is 0.822. The normalized spacial score (nSPS) is 20.3. The fourth-order valence-corrected chi connectivity index (χ4v) is 3.85. The first-order valence-corrected chi connectivity index (χ1v) is 8.33. The zero-order valence-corrected chi connectivity index (χ0v) is 14.9. The Morgan fingerprint density at radius 3 is 3.04 bits per heavy atom. The van der Waals surface area contributed by atoms with Gasteiger partial charge in [-0.2, -0.15) is 0 Å². The zero-order valence-electron chi connectivity index (χ0n) is 14.1. The van der Waals surface area contributed by atoms with Crippen molar-refractivity contribution in [1.82, 2.24) is 9.88 Å². The van der Waals surface area contributed by atoms with Gasteiger partial charge in [0.25, 0.3) is 0 Å². The summed E-state index contributed by atoms with van der Waals surface area (Å²) in [7, 11) is 0. The number of aromatic nitrogens is 1. The number of rotatable bonds is 2. The van der Waals surface area contributed by atoms with E-state index in [2.05, 4.69) is 4.98 Å². The topological polar surface area (TPSA) is 62.4 Å². The highest BCUT2D eigenvalue weighted by molar-refractivity contribution is 6.05. The maximum Gasteiger partial charge on any atom is 0.345 e. The van der Waals surface area contributed by atoms with Crippen LogP contribution in [0.3, 0.4) is 0 Å². The van der Waals surface area contributed by atoms with Gasteiger partial charge in [0, 0.05) is 29.2 Å². The molecule has 0 aliphatic carbocycles. The fraction of sp³-hybridized carbons (Fsp3) is 0.200. The summed E-state index contributed by atoms with van der Waals surface area (Å²) in [5.74, 6) is -0.192. The lowest BCUT2D eigenvalue weighted by Gasteiger charge is -2.43. The molecule has 1 aromatic heterocycles. The minimum absolute atomic E-state index is 0. The van der Waals surface area contributed by atoms with Crippen molar-refractivity contribution in [3.8, 4) is 0 Å². The predicted molar refractivity (Wildman–Crippen MR) is 99.8 cm³/mol. The number of benzene rings is 1. The van der Waals surface area contributed by atoms with Gasteiger partial charge in [-0.1, -0.05) is 17.7 Å². The van der Waals surface area contributed by atoms with Crippen molar-refractivity contribution >= 4 is 35.1 Å². The number of fused-ring (bicyclic) bond motifs is 2. The lowest BCUT2D eigenvalue weighted by molar-refractivity contribution is -0.126. The average Bonchev–Trinajstić information content (AvgIpc) is 3.00. The summed E-state index contributed by atoms with van der Waals surface area (Å²) in [6.07, 6.45) is 8.13. The van der Waals surface area contributed by atoms with Crippen LogP contribution in [0.25, 0.3) is 10.9 Å². The van der Waals surface area contributed by atoms with Gasteiger partial charge in [0.1, 0.15) is 5.76 Å². The first-order valence-electron chi connectivity index (χ1n) is 8.33. The highest BCUT2D eigenvalue weighted by Gasteiger charge is 2.44. The maximum atomic E-state index is 12.8. The number of ether oxygens (including phenoxy) is 1. The Morgan fingerprint density at radius 1 is 1.35 bits per heavy atom. The fourth-order valence-electron chi connectivity index (χ4n) is 3.85. The van der Waals surface area contributed by atoms with Crippen LogP contribution in [0.4, 0.5) is 0 Å². The Balaban J connectivity index is 0.00000168. The van der Waals surface area contributed by atoms with Crippen LogP contribution in [0.2, 0.25) is 0 Å². The van der Waals surface area contributed by atoms with Crippen LogP contribution in [0, 0.1) is 12.8 Å². The molecule has 1 aromatic carbocycles. The number of halogens is 1. The number of ketones is 1. The van der Waals surface area contributed by atoms with Gasteiger partial charge in [0.15, 0.2) is 5.78 Å². The third kappa shape index (κ3) is 2.31. The number of aryl methyl sites for hydroxylation is 1. The van der Waals surface area contributed by atoms with Gasteiger partial charge >= 0.3 is 5.97 Å². The van der Waals surface area contributed by atoms with Gasteiger partial charge in [-0.05, 0) is 31.2 Å². The van der Waals surface area contributed by atoms with E-state index in [-0.39, 0.29) is 24.1 Å². The number of esters is 1. The van der Waals surface area contributed by atoms with E-state index in [1.165, 1.54) is 0 Å². The third-order valence-corrected chi connectivity index (χ3v) is 5.12. The Bertz CT molecular complexity index is 1040. The standard InChI is InChI=1S/C20H16N2O3.ClH/c1-11-5-6-16-13(7-11)15(9-21-16)20(24)25-19-14-8-12-3-2-4-17(19)22(12)10-18(14)23;/h2-7,9,14,21H,8,10H2,1H3;1H. The van der Waals surface area contributed by atoms with Gasteiger partial charge < -0.3 is 14.6 Å². The number of aromatic amines is 1. The molecule has 1 atom stereocenters. The molecular formula is C20H17ClN2O3. The summed E-state index contributed by atoms with van der Waals surface area (Å²) in [5.41, 5.74) is 4.41. The second-order valence-electron chi connectivity index (χ2n) is 6.72. The molecule has 4 aliphatic rings. The van der Waals surface area contributed by atoms with Crippen LogP contribution < -0.4 is 0 Å². The molecule has 4 aliphatic heterocycles. The molecule has 1 fully saturated rings. The van der Waals surface area contributed by atoms with Crippen molar-refractivity contribution in [3.63, 3.8) is 0 Å². The number of carbonyl (C=O) groups is 2. The van der Waals surface area contributed by atoms with E-state index in [0.717, 1.165) is 27.9 Å². The minimum Gasteiger partial charge on any atom is -0.424 e. The number of allylic oxidation sites excluding steroid dienone is 5. The SMILES string of the molecule is Cc1ccc2[nH]cc(C(=O)OC3=C4C=CC=C5CC3C(=O)CN54)c2c1.Cl. The van der Waals surface area contributed by atoms with Crippen molar-refractivity contribution in [2.75, 3.05) is 6.54 Å². The Morgan fingerprint density at radius 2 is 2.19 bits per heavy atom. The van der Waals surface area contributed by atoms with Crippen LogP contribution in [0.1, 0.15) is 22.3 Å². The minimum atomic E-state index is -0.426. The molecular weight excluding hydrogens is 352 g/mol. The molecule has 2 aromatic rings. The lowest BCUT2D eigenvalue weighted by Crippen LogP contribution is -2.46. The largest absolute Gasteiger partial charge is 0.424 e. The van der Waals surface area contributed by atoms with Gasteiger partial charge in [0.05, 0.1) is 23.7 Å². The predicted octanol–water partition coefficient (Wildman–Crippen LogP) is 3.62. The number of piperidine rings is 1. The average molecular weight is 369 g/mol. The third-order valence-electron chi connectivity index (χ3n) is 5.12. The monoisotopic (exact) mass is 368 g/mol. The van der Waals surface area contributed by atoms with Crippen LogP contribution in [0.15, 0.2) is 59.8 Å². The molecule has 0 saturated carbocycles. The van der Waals surface area contributed by atoms with E-state index in [1.54, 1.807) is 6.20 Å². The lowest BCUT2D eigenvalue weighted by atomic mass is 9.83. The van der Waals surface area contributed by atoms with Crippen molar-refractivity contribution in [3.05, 3.63) is 70.9 Å². The second kappa shape index (κ2) is 5.88. The van der Waals surface area contributed by atoms with Gasteiger partial charge in [-0.3, -0.25) is 4.79 Å². The van der Waals surface area contributed by atoms with E-state index in [1.807, 2.05) is 48.3 Å². The maximum absolute atomic E-state index is 12.8. The van der Waals surface area contributed by atoms with Crippen LogP contribution in [0.5, 0.6) is 0 Å². The molecule has 1 saturated heterocycles. The van der Waals surface area contributed by atoms with Crippen molar-refractivity contribution in [2.45, 2.75) is 13.3 Å². The molecule has 1 unspecified atom stereocenters. The molecule has 4 bridgehead atoms. The molecule has 6 heteroatoms. The first-order chi connectivity index (χ1) is 12.1. The number of H-pyrrole nitrogens is 1. The number of Topliss-reactive ketones (excluding diaryl/α,β-unsaturated/α-hetero) is 1. The summed E-state index contributed by atoms with van der Waals surface area (Å²) in [6.45, 7) is 2.35. The summed E-state index contributed by atoms with van der Waals surface area (Å²) < 4.78 is 5.75. The number of carbonyl (C=O) groups excluding carboxylic acids is 2. The second-order valence-corrected chi connectivity index (χ2v) is 6.72. The molecule has 0 radical (unpaired) electrons. The number of hydrogen-bond donors (Lipinski definition) is 1. The van der Waals surface area contributed by atoms with Crippen molar-refractivity contribution in [2.24, 2.45) is 5.92 Å². The highest BCUT2D eigenvalue weighted by atomic mass is 35.5. The van der Waals surface area contributed by atoms with E-state index < -0.39 is 5.97 Å². The molecule has 5 heterocycles. The molecule has 1 N–H and O–H groups in total. The Hall–Kier alpha value is -2.79. The molecule has 5 nitrogen and oxygen atoms in total. The smallest absolute Gasteiger partial charge is 0.345 e. The van der Waals surface area contributed by atoms with Gasteiger partial charge in [-0.15, -0.1) is 12.4 Å². The Labute approximate surface area is 156 Å². The molecule has 26 heavy (non-hydrogen) atoms. The molecule has 0 spiro atoms. The van der Waals surface area contributed by atoms with Crippen molar-refractivity contribution < 1.29 is 14.3 Å². The van der Waals surface area contributed by atoms with Crippen molar-refractivity contribution in [1.29, 1.82) is 0 Å². The van der Waals surface area contributed by atoms with E-state index in [0.29, 0.717) is 24.3 Å². The van der Waals surface area contributed by atoms with E-state index in [9.17, 15) is 9.59 Å². The van der Waals surface area contributed by atoms with Gasteiger partial charge in [-0.25, -0.2) is 4.79 Å². The van der Waals surface area contributed by atoms with Gasteiger partial charge in [0.2, 0.25) is 0 Å². The number of hydrogen-bond acceptors (Lipinski definition) is 4. The van der Waals surface area contributed by atoms with Crippen LogP contribution >= 0.6 is 12.4 Å². The number of nitrogens with one attached hydrogen (secondary N) is 1. The van der Waals surface area contributed by atoms with E-state index in [4.69, 9.17) is 4.74 Å². The molecule has 132 valence electrons. The van der Waals surface area contributed by atoms with E-state index >= 15 is 0 Å². The number of nitrogens with zero attached hydrogens (tertiary/aromatic N) is 1. The summed E-state index contributed by atoms with van der Waals surface area (Å²) in [5, 5.41) is 0.836. The molecule has 0 amide bonds. The summed E-state index contributed by atoms with van der Waals surface area (Å²) in [4.78, 5) is 30.1. The highest BCUT2D eigenvalue weighted by Crippen LogP contribution is 2.42. The van der Waals surface area contributed by atoms with Crippen LogP contribution in [-0.2, 0) is 9.53 Å². The first kappa shape index (κ1) is 16.7. The summed E-state index contributed by atoms with van der Waals surface area (Å²) in [6, 6.07) is 5.90. The van der Waals surface area contributed by atoms with Crippen LogP contribution in [-0.4, -0.2) is 28.2 Å². The summed E-state index contributed by atoms with van der Waals surface area (Å²) >= 11 is 0. The Kier molecular flexibility index (Phi) is 3.77.